The minimum absolute atomic E-state index is 0.00590. The molecule has 0 saturated carbocycles. The van der Waals surface area contributed by atoms with Gasteiger partial charge in [0.15, 0.2) is 23.8 Å². The molecule has 137 heavy (non-hydrogen) atoms. The number of hydrogen-bond donors (Lipinski definition) is 32. The summed E-state index contributed by atoms with van der Waals surface area (Å²) in [5, 5.41) is 69.6. The zero-order valence-electron chi connectivity index (χ0n) is 76.8. The van der Waals surface area contributed by atoms with Crippen molar-refractivity contribution in [2.24, 2.45) is 94.5 Å². The monoisotopic (exact) mass is 1940 g/mol. The minimum Gasteiger partial charge on any atom is -0.480 e. The molecule has 0 unspecified atom stereocenters. The molecule has 0 aliphatic heterocycles. The average molecular weight is 1940 g/mol. The number of nitrogens with one attached hydrogen (secondary N) is 16. The first-order chi connectivity index (χ1) is 64.8. The molecule has 0 bridgehead atoms. The van der Waals surface area contributed by atoms with Gasteiger partial charge in [0.1, 0.15) is 78.5 Å². The summed E-state index contributed by atoms with van der Waals surface area (Å²) in [6, 6.07) is -5.19. The van der Waals surface area contributed by atoms with E-state index >= 15 is 0 Å². The van der Waals surface area contributed by atoms with Gasteiger partial charge in [-0.2, -0.15) is 0 Å². The summed E-state index contributed by atoms with van der Waals surface area (Å²) in [5.74, 6) is -21.3. The number of unbranched alkanes of at least 4 members (excludes halogenated alkanes) is 2. The average Bonchev–Trinajstić information content (AvgIpc) is 0.861. The van der Waals surface area contributed by atoms with Gasteiger partial charge < -0.3 is 175 Å². The van der Waals surface area contributed by atoms with Crippen molar-refractivity contribution in [3.63, 3.8) is 0 Å². The number of rotatable bonds is 68. The Kier molecular flexibility index (Phi) is 56.1. The second-order valence-corrected chi connectivity index (χ2v) is 31.7. The van der Waals surface area contributed by atoms with Crippen molar-refractivity contribution in [2.45, 2.75) is 233 Å². The SMILES string of the molecule is C[C@H](NC(=O)CNC(=O)[C@@H](NC(=O)[C@H](Cc1ccccc1)NC(=O)CNC(=O)CNC(=O)[C@@H](N)Cc1ccccc1)[C@@H](C)O)C(=O)N[C@@H](CCCN=C(N)N)C(=O)N[C@@H](CCCCN)C(=O)N[C@@H](CO)C(=O)N[C@@H](C)C(=O)N[C@@H](CCCN=C(N)N)C(=O)N[C@@H](CCCCN)C(=O)N[C@@H](CCCN=C(N)N)C(=O)N[C@@H](CCCN=C(N)N)C(=O)N[C@@H](CC(N)=O)C(=O)N[C@@H](CCC(N)=O)C(=O)O. The Labute approximate surface area is 789 Å². The number of aliphatic hydroxyl groups excluding tert-OH is 2. The lowest BCUT2D eigenvalue weighted by molar-refractivity contribution is -0.143. The zero-order valence-corrected chi connectivity index (χ0v) is 76.8. The largest absolute Gasteiger partial charge is 0.480 e. The molecule has 2 aromatic rings. The van der Waals surface area contributed by atoms with Gasteiger partial charge in [-0.25, -0.2) is 4.79 Å². The number of carbonyl (C=O) groups excluding carboxylic acids is 18. The van der Waals surface area contributed by atoms with Gasteiger partial charge in [-0.1, -0.05) is 60.7 Å². The molecule has 15 atom stereocenters. The number of carboxylic acid groups (broad SMARTS) is 1. The first kappa shape index (κ1) is 118. The summed E-state index contributed by atoms with van der Waals surface area (Å²) in [6.45, 7) is 0.0197. The first-order valence-electron chi connectivity index (χ1n) is 44.1. The molecule has 55 heteroatoms. The van der Waals surface area contributed by atoms with Gasteiger partial charge in [0.2, 0.25) is 106 Å². The van der Waals surface area contributed by atoms with E-state index in [4.69, 9.17) is 74.5 Å². The van der Waals surface area contributed by atoms with Gasteiger partial charge in [-0.05, 0) is 148 Å². The number of nitrogens with two attached hydrogens (primary N) is 13. The Bertz CT molecular complexity index is 4440. The van der Waals surface area contributed by atoms with Crippen LogP contribution >= 0.6 is 0 Å². The topological polar surface area (TPSA) is 965 Å². The van der Waals surface area contributed by atoms with Crippen LogP contribution < -0.4 is 160 Å². The van der Waals surface area contributed by atoms with Crippen LogP contribution in [0.5, 0.6) is 0 Å². The summed E-state index contributed by atoms with van der Waals surface area (Å²) in [6.07, 6.45) is -4.21. The highest BCUT2D eigenvalue weighted by atomic mass is 16.4. The smallest absolute Gasteiger partial charge is 0.326 e. The maximum absolute atomic E-state index is 14.7. The van der Waals surface area contributed by atoms with Crippen molar-refractivity contribution in [2.75, 3.05) is 65.5 Å². The molecule has 762 valence electrons. The van der Waals surface area contributed by atoms with Gasteiger partial charge >= 0.3 is 5.97 Å². The van der Waals surface area contributed by atoms with Crippen LogP contribution in [0.25, 0.3) is 0 Å². The Morgan fingerprint density at radius 3 is 1.01 bits per heavy atom. The molecular weight excluding hydrogens is 1800 g/mol. The van der Waals surface area contributed by atoms with E-state index in [-0.39, 0.29) is 166 Å². The number of benzene rings is 2. The van der Waals surface area contributed by atoms with Crippen LogP contribution in [0.4, 0.5) is 0 Å². The lowest BCUT2D eigenvalue weighted by Gasteiger charge is -2.28. The summed E-state index contributed by atoms with van der Waals surface area (Å²) in [5.41, 5.74) is 73.8. The third-order valence-electron chi connectivity index (χ3n) is 20.1. The standard InChI is InChI=1S/C82H137N33O22/c1-43(103-62(121)41-102-77(135)64(45(3)117)115-75(133)56(37-47-20-8-5-9-21-47)105-63(122)40-100-61(120)39-101-67(125)48(85)36-46-18-6-4-7-19-46)65(123)106-51(24-14-32-96-79(88)89)69(127)109-50(23-11-13-31-84)73(131)114-58(42-116)76(134)104-44(2)66(124)107-52(25-15-33-97-80(90)91)70(128)108-49(22-10-12-30-83)68(126)110-53(26-16-34-98-81(92)93)71(129)111-54(27-17-35-99-82(94)95)72(130)113-57(38-60(87)119)74(132)112-55(78(136)137)28-29-59(86)118/h4-9,18-21,43-45,48-58,64,116-117H,10-17,22-42,83-85H2,1-3H3,(H2,86,118)(H2,87,119)(H,100,120)(H,101,125)(H,102,135)(H,103,121)(H,104,134)(H,105,122)(H,106,123)(H,107,124)(H,108,128)(H,109,127)(H,110,126)(H,111,129)(H,112,132)(H,113,130)(H,114,131)(H,115,133)(H,136,137)(H4,88,89,96)(H4,90,91,97)(H4,92,93,98)(H4,94,95,99)/t43-,44-,45+,48-,49-,50-,51-,52-,53-,54-,55-,56-,57-,58-,64-/m0/s1. The van der Waals surface area contributed by atoms with Crippen molar-refractivity contribution >= 4 is 136 Å². The summed E-state index contributed by atoms with van der Waals surface area (Å²) >= 11 is 0. The van der Waals surface area contributed by atoms with E-state index in [9.17, 15) is 106 Å². The number of amides is 18. The molecule has 0 radical (unpaired) electrons. The van der Waals surface area contributed by atoms with Gasteiger partial charge in [0, 0.05) is 39.0 Å². The maximum Gasteiger partial charge on any atom is 0.326 e. The van der Waals surface area contributed by atoms with Crippen LogP contribution in [0.3, 0.4) is 0 Å². The third-order valence-corrected chi connectivity index (χ3v) is 20.1. The van der Waals surface area contributed by atoms with Crippen molar-refractivity contribution < 1.29 is 106 Å². The van der Waals surface area contributed by atoms with Gasteiger partial charge in [0.05, 0.1) is 44.8 Å². The van der Waals surface area contributed by atoms with Crippen LogP contribution in [0.15, 0.2) is 80.6 Å². The van der Waals surface area contributed by atoms with Crippen molar-refractivity contribution in [1.29, 1.82) is 0 Å². The number of guanidine groups is 4. The number of aliphatic imine (C=N–C) groups is 4. The van der Waals surface area contributed by atoms with Crippen molar-refractivity contribution in [1.82, 2.24) is 85.1 Å². The predicted molar refractivity (Wildman–Crippen MR) is 498 cm³/mol. The van der Waals surface area contributed by atoms with Crippen LogP contribution in [0, 0.1) is 0 Å². The molecule has 45 N–H and O–H groups in total. The number of carbonyl (C=O) groups is 19. The highest BCUT2D eigenvalue weighted by molar-refractivity contribution is 6.01. The molecule has 18 amide bonds. The van der Waals surface area contributed by atoms with E-state index in [1.54, 1.807) is 60.7 Å². The first-order valence-corrected chi connectivity index (χ1v) is 44.1. The number of hydrogen-bond acceptors (Lipinski definition) is 28. The van der Waals surface area contributed by atoms with E-state index < -0.39 is 248 Å². The predicted octanol–water partition coefficient (Wildman–Crippen LogP) is -14.4. The normalized spacial score (nSPS) is 14.1. The molecule has 0 aromatic heterocycles. The Balaban J connectivity index is 2.41. The lowest BCUT2D eigenvalue weighted by atomic mass is 10.0. The van der Waals surface area contributed by atoms with Crippen LogP contribution in [0.2, 0.25) is 0 Å². The molecule has 2 rings (SSSR count). The second-order valence-electron chi connectivity index (χ2n) is 31.7. The fourth-order valence-corrected chi connectivity index (χ4v) is 12.7. The van der Waals surface area contributed by atoms with Crippen LogP contribution in [-0.2, 0) is 104 Å². The molecule has 0 aliphatic rings. The molecule has 55 nitrogen and oxygen atoms in total. The van der Waals surface area contributed by atoms with E-state index in [2.05, 4.69) is 105 Å². The highest BCUT2D eigenvalue weighted by Gasteiger charge is 2.38. The quantitative estimate of drug-likeness (QED) is 0.0166. The fourth-order valence-electron chi connectivity index (χ4n) is 12.7. The van der Waals surface area contributed by atoms with Gasteiger partial charge in [0.25, 0.3) is 0 Å². The fraction of sp³-hybridized carbons (Fsp3) is 0.573. The molecule has 2 aromatic carbocycles. The summed E-state index contributed by atoms with van der Waals surface area (Å²) in [7, 11) is 0. The highest BCUT2D eigenvalue weighted by Crippen LogP contribution is 2.14. The van der Waals surface area contributed by atoms with Crippen LogP contribution in [-0.4, -0.2) is 308 Å². The maximum atomic E-state index is 14.7. The van der Waals surface area contributed by atoms with Gasteiger partial charge in [-0.15, -0.1) is 0 Å². The Hall–Kier alpha value is -14.7. The summed E-state index contributed by atoms with van der Waals surface area (Å²) < 4.78 is 0. The van der Waals surface area contributed by atoms with E-state index in [1.165, 1.54) is 6.92 Å². The van der Waals surface area contributed by atoms with Gasteiger partial charge in [-0.3, -0.25) is 106 Å². The molecule has 0 fully saturated rings. The molecule has 0 aliphatic carbocycles. The number of nitrogens with zero attached hydrogens (tertiary/aromatic N) is 4. The van der Waals surface area contributed by atoms with E-state index in [0.717, 1.165) is 19.4 Å². The zero-order chi connectivity index (χ0) is 103. The Morgan fingerprint density at radius 1 is 0.321 bits per heavy atom. The summed E-state index contributed by atoms with van der Waals surface area (Å²) in [4.78, 5) is 273. The van der Waals surface area contributed by atoms with Crippen molar-refractivity contribution in [3.05, 3.63) is 71.8 Å². The number of aliphatic carboxylic acids is 1. The van der Waals surface area contributed by atoms with Crippen molar-refractivity contribution in [3.8, 4) is 0 Å². The van der Waals surface area contributed by atoms with E-state index in [0.29, 0.717) is 5.56 Å². The number of primary amides is 2. The molecular formula is C82H137N33O22. The molecule has 0 saturated heterocycles. The lowest BCUT2D eigenvalue weighted by Crippen LogP contribution is -2.61. The van der Waals surface area contributed by atoms with Crippen LogP contribution in [0.1, 0.15) is 141 Å². The van der Waals surface area contributed by atoms with E-state index in [1.807, 2.05) is 0 Å². The third kappa shape index (κ3) is 50.2. The minimum atomic E-state index is -1.88. The Morgan fingerprint density at radius 2 is 0.642 bits per heavy atom. The molecule has 0 spiro atoms. The second kappa shape index (κ2) is 65.0. The molecule has 0 heterocycles. The number of aliphatic hydroxyl groups is 2. The number of carboxylic acids is 1.